The highest BCUT2D eigenvalue weighted by atomic mass is 35.5. The lowest BCUT2D eigenvalue weighted by Crippen LogP contribution is -2.08. The number of benzene rings is 1. The zero-order chi connectivity index (χ0) is 12.5. The van der Waals surface area contributed by atoms with Crippen LogP contribution in [0.25, 0.3) is 0 Å². The second-order valence-electron chi connectivity index (χ2n) is 4.24. The summed E-state index contributed by atoms with van der Waals surface area (Å²) in [5.41, 5.74) is 3.89. The summed E-state index contributed by atoms with van der Waals surface area (Å²) in [6, 6.07) is 8.13. The van der Waals surface area contributed by atoms with E-state index in [1.807, 2.05) is 23.9 Å². The Hall–Kier alpha value is -0.770. The summed E-state index contributed by atoms with van der Waals surface area (Å²) >= 11 is 9.53. The molecule has 4 heteroatoms. The van der Waals surface area contributed by atoms with E-state index in [-0.39, 0.29) is 0 Å². The van der Waals surface area contributed by atoms with Crippen LogP contribution in [0.15, 0.2) is 29.6 Å². The molecule has 0 bridgehead atoms. The highest BCUT2D eigenvalue weighted by Gasteiger charge is 2.23. The molecule has 0 spiro atoms. The summed E-state index contributed by atoms with van der Waals surface area (Å²) < 4.78 is 0. The number of aryl methyl sites for hydroxylation is 1. The van der Waals surface area contributed by atoms with Crippen molar-refractivity contribution in [2.75, 3.05) is 5.75 Å². The van der Waals surface area contributed by atoms with Crippen molar-refractivity contribution in [2.24, 2.45) is 0 Å². The van der Waals surface area contributed by atoms with Gasteiger partial charge in [0.2, 0.25) is 0 Å². The number of hydrogen-bond donors (Lipinski definition) is 0. The molecule has 0 fully saturated rings. The number of fused-ring (bicyclic) bond motifs is 1. The lowest BCUT2D eigenvalue weighted by Gasteiger charge is -2.24. The molecule has 92 valence electrons. The molecule has 0 aliphatic carbocycles. The minimum Gasteiger partial charge on any atom is -0.297 e. The molecule has 0 N–H and O–H groups in total. The van der Waals surface area contributed by atoms with Crippen LogP contribution in [0.3, 0.4) is 0 Å². The molecule has 1 aliphatic rings. The molecular weight excluding hydrogens is 284 g/mol. The minimum absolute atomic E-state index is 0.317. The summed E-state index contributed by atoms with van der Waals surface area (Å²) in [6.45, 7) is 0. The fourth-order valence-corrected chi connectivity index (χ4v) is 4.56. The van der Waals surface area contributed by atoms with Gasteiger partial charge in [0, 0.05) is 5.02 Å². The van der Waals surface area contributed by atoms with E-state index in [2.05, 4.69) is 17.5 Å². The van der Waals surface area contributed by atoms with E-state index >= 15 is 0 Å². The van der Waals surface area contributed by atoms with Gasteiger partial charge in [-0.15, -0.1) is 23.1 Å². The first-order valence-electron chi connectivity index (χ1n) is 5.71. The van der Waals surface area contributed by atoms with Gasteiger partial charge >= 0.3 is 0 Å². The van der Waals surface area contributed by atoms with E-state index in [4.69, 9.17) is 11.6 Å². The van der Waals surface area contributed by atoms with Crippen molar-refractivity contribution < 1.29 is 4.79 Å². The van der Waals surface area contributed by atoms with Crippen molar-refractivity contribution >= 4 is 41.0 Å². The van der Waals surface area contributed by atoms with Crippen molar-refractivity contribution in [2.45, 2.75) is 11.7 Å². The number of carbonyl (C=O) groups excluding carboxylic acids is 1. The predicted octanol–water partition coefficient (Wildman–Crippen LogP) is 4.59. The lowest BCUT2D eigenvalue weighted by atomic mass is 9.98. The van der Waals surface area contributed by atoms with Crippen LogP contribution in [-0.4, -0.2) is 12.0 Å². The molecule has 0 saturated carbocycles. The van der Waals surface area contributed by atoms with Gasteiger partial charge in [0.05, 0.1) is 10.1 Å². The normalized spacial score (nSPS) is 18.4. The quantitative estimate of drug-likeness (QED) is 0.753. The fraction of sp³-hybridized carbons (Fsp3) is 0.214. The average Bonchev–Trinajstić information content (AvgIpc) is 2.86. The van der Waals surface area contributed by atoms with E-state index in [1.165, 1.54) is 28.0 Å². The van der Waals surface area contributed by atoms with Crippen LogP contribution in [-0.2, 0) is 6.42 Å². The Bertz CT molecular complexity index is 591. The van der Waals surface area contributed by atoms with Crippen LogP contribution < -0.4 is 0 Å². The van der Waals surface area contributed by atoms with Crippen LogP contribution in [0.4, 0.5) is 0 Å². The smallest absolute Gasteiger partial charge is 0.160 e. The van der Waals surface area contributed by atoms with E-state index in [9.17, 15) is 4.79 Å². The molecule has 2 heterocycles. The van der Waals surface area contributed by atoms with Crippen LogP contribution in [0, 0.1) is 0 Å². The summed E-state index contributed by atoms with van der Waals surface area (Å²) in [7, 11) is 0. The third kappa shape index (κ3) is 2.22. The second kappa shape index (κ2) is 5.08. The van der Waals surface area contributed by atoms with Crippen molar-refractivity contribution in [3.63, 3.8) is 0 Å². The number of thioether (sulfide) groups is 1. The maximum atomic E-state index is 10.8. The second-order valence-corrected chi connectivity index (χ2v) is 6.84. The molecule has 1 aromatic heterocycles. The van der Waals surface area contributed by atoms with Gasteiger partial charge in [-0.2, -0.15) is 0 Å². The van der Waals surface area contributed by atoms with Gasteiger partial charge in [-0.05, 0) is 52.4 Å². The van der Waals surface area contributed by atoms with E-state index in [1.54, 1.807) is 0 Å². The summed E-state index contributed by atoms with van der Waals surface area (Å²) in [4.78, 5) is 11.6. The number of carbonyl (C=O) groups is 1. The number of hydrogen-bond acceptors (Lipinski definition) is 3. The third-order valence-electron chi connectivity index (χ3n) is 3.11. The number of aldehydes is 1. The maximum absolute atomic E-state index is 10.8. The van der Waals surface area contributed by atoms with Crippen molar-refractivity contribution in [1.82, 2.24) is 0 Å². The van der Waals surface area contributed by atoms with E-state index in [0.717, 1.165) is 28.4 Å². The van der Waals surface area contributed by atoms with E-state index in [0.29, 0.717) is 5.25 Å². The first-order chi connectivity index (χ1) is 8.78. The molecule has 1 unspecified atom stereocenters. The predicted molar refractivity (Wildman–Crippen MR) is 79.2 cm³/mol. The molecule has 1 aromatic carbocycles. The molecule has 0 amide bonds. The number of thiophene rings is 1. The molecule has 1 atom stereocenters. The Balaban J connectivity index is 2.04. The van der Waals surface area contributed by atoms with Gasteiger partial charge < -0.3 is 0 Å². The molecule has 3 rings (SSSR count). The van der Waals surface area contributed by atoms with Gasteiger partial charge in [0.25, 0.3) is 0 Å². The van der Waals surface area contributed by atoms with Crippen molar-refractivity contribution in [1.29, 1.82) is 0 Å². The topological polar surface area (TPSA) is 17.1 Å². The van der Waals surface area contributed by atoms with Gasteiger partial charge in [-0.3, -0.25) is 4.79 Å². The SMILES string of the molecule is O=Cc1cc(C2SCCc3ccc(Cl)cc32)cs1. The van der Waals surface area contributed by atoms with Gasteiger partial charge in [0.1, 0.15) is 0 Å². The Kier molecular flexibility index (Phi) is 3.46. The molecular formula is C14H11ClOS2. The zero-order valence-electron chi connectivity index (χ0n) is 9.56. The molecule has 1 nitrogen and oxygen atoms in total. The van der Waals surface area contributed by atoms with Gasteiger partial charge in [0.15, 0.2) is 6.29 Å². The molecule has 0 radical (unpaired) electrons. The summed E-state index contributed by atoms with van der Waals surface area (Å²) in [5, 5.41) is 3.18. The summed E-state index contributed by atoms with van der Waals surface area (Å²) in [5.74, 6) is 1.12. The monoisotopic (exact) mass is 294 g/mol. The molecule has 1 aliphatic heterocycles. The standard InChI is InChI=1S/C14H11ClOS2/c15-11-2-1-9-3-4-17-14(13(9)6-11)10-5-12(7-16)18-8-10/h1-2,5-8,14H,3-4H2. The minimum atomic E-state index is 0.317. The van der Waals surface area contributed by atoms with Gasteiger partial charge in [-0.1, -0.05) is 17.7 Å². The Morgan fingerprint density at radius 2 is 2.22 bits per heavy atom. The molecule has 2 aromatic rings. The maximum Gasteiger partial charge on any atom is 0.160 e. The van der Waals surface area contributed by atoms with E-state index < -0.39 is 0 Å². The summed E-state index contributed by atoms with van der Waals surface area (Å²) in [6.07, 6.45) is 2.01. The Morgan fingerprint density at radius 1 is 1.33 bits per heavy atom. The first-order valence-corrected chi connectivity index (χ1v) is 8.02. The van der Waals surface area contributed by atoms with Crippen molar-refractivity contribution in [3.05, 3.63) is 56.2 Å². The van der Waals surface area contributed by atoms with Crippen LogP contribution in [0.5, 0.6) is 0 Å². The highest BCUT2D eigenvalue weighted by Crippen LogP contribution is 2.43. The number of halogens is 1. The average molecular weight is 295 g/mol. The van der Waals surface area contributed by atoms with Gasteiger partial charge in [-0.25, -0.2) is 0 Å². The molecule has 18 heavy (non-hydrogen) atoms. The van der Waals surface area contributed by atoms with Crippen LogP contribution in [0.2, 0.25) is 5.02 Å². The Morgan fingerprint density at radius 3 is 3.00 bits per heavy atom. The highest BCUT2D eigenvalue weighted by molar-refractivity contribution is 7.99. The number of rotatable bonds is 2. The first kappa shape index (κ1) is 12.3. The van der Waals surface area contributed by atoms with Crippen LogP contribution >= 0.6 is 34.7 Å². The van der Waals surface area contributed by atoms with Crippen molar-refractivity contribution in [3.8, 4) is 0 Å². The fourth-order valence-electron chi connectivity index (χ4n) is 2.26. The van der Waals surface area contributed by atoms with Crippen LogP contribution in [0.1, 0.15) is 31.6 Å². The molecule has 0 saturated heterocycles. The lowest BCUT2D eigenvalue weighted by molar-refractivity contribution is 0.112. The Labute approximate surface area is 119 Å². The third-order valence-corrected chi connectivity index (χ3v) is 5.52. The largest absolute Gasteiger partial charge is 0.297 e. The zero-order valence-corrected chi connectivity index (χ0v) is 11.9.